The van der Waals surface area contributed by atoms with Crippen molar-refractivity contribution in [2.24, 2.45) is 0 Å². The molecule has 0 aromatic carbocycles. The fourth-order valence-corrected chi connectivity index (χ4v) is 3.45. The van der Waals surface area contributed by atoms with Crippen LogP contribution in [0.4, 0.5) is 0 Å². The van der Waals surface area contributed by atoms with Crippen LogP contribution >= 0.6 is 0 Å². The second-order valence-corrected chi connectivity index (χ2v) is 6.81. The van der Waals surface area contributed by atoms with Gasteiger partial charge in [0, 0.05) is 24.4 Å². The van der Waals surface area contributed by atoms with Crippen LogP contribution in [-0.4, -0.2) is 32.6 Å². The van der Waals surface area contributed by atoms with Gasteiger partial charge in [0.25, 0.3) is 0 Å². The average Bonchev–Trinajstić information content (AvgIpc) is 2.99. The third kappa shape index (κ3) is 2.83. The number of amides is 1. The zero-order chi connectivity index (χ0) is 16.7. The molecule has 1 atom stereocenters. The van der Waals surface area contributed by atoms with Crippen LogP contribution < -0.4 is 0 Å². The molecule has 1 amide bonds. The minimum atomic E-state index is -0.0674. The highest BCUT2D eigenvalue weighted by Gasteiger charge is 2.36. The largest absolute Gasteiger partial charge is 0.361 e. The number of hydrogen-bond acceptors (Lipinski definition) is 6. The summed E-state index contributed by atoms with van der Waals surface area (Å²) < 4.78 is 10.6. The Morgan fingerprint density at radius 3 is 2.75 bits per heavy atom. The first kappa shape index (κ1) is 15.4. The van der Waals surface area contributed by atoms with Crippen molar-refractivity contribution in [1.29, 1.82) is 0 Å². The lowest BCUT2D eigenvalue weighted by Crippen LogP contribution is -2.31. The quantitative estimate of drug-likeness (QED) is 0.838. The highest BCUT2D eigenvalue weighted by atomic mass is 16.5. The molecule has 0 spiro atoms. The molecule has 1 saturated heterocycles. The van der Waals surface area contributed by atoms with Gasteiger partial charge in [-0.15, -0.1) is 0 Å². The van der Waals surface area contributed by atoms with Crippen molar-refractivity contribution >= 4 is 5.91 Å². The van der Waals surface area contributed by atoms with Gasteiger partial charge in [-0.3, -0.25) is 4.79 Å². The van der Waals surface area contributed by atoms with Gasteiger partial charge in [0.05, 0.1) is 5.69 Å². The number of hydrogen-bond donors (Lipinski definition) is 0. The predicted octanol–water partition coefficient (Wildman–Crippen LogP) is 2.85. The maximum atomic E-state index is 12.7. The van der Waals surface area contributed by atoms with Crippen molar-refractivity contribution in [3.8, 4) is 0 Å². The van der Waals surface area contributed by atoms with E-state index in [4.69, 9.17) is 9.05 Å². The third-order valence-electron chi connectivity index (χ3n) is 5.03. The summed E-state index contributed by atoms with van der Waals surface area (Å²) in [5.74, 6) is 2.79. The van der Waals surface area contributed by atoms with Crippen LogP contribution in [0.1, 0.15) is 72.8 Å². The van der Waals surface area contributed by atoms with E-state index in [1.807, 2.05) is 18.7 Å². The molecule has 1 aliphatic carbocycles. The Morgan fingerprint density at radius 2 is 2.04 bits per heavy atom. The third-order valence-corrected chi connectivity index (χ3v) is 5.03. The Bertz CT molecular complexity index is 727. The van der Waals surface area contributed by atoms with Crippen molar-refractivity contribution in [2.75, 3.05) is 6.54 Å². The molecule has 1 unspecified atom stereocenters. The molecule has 1 saturated carbocycles. The van der Waals surface area contributed by atoms with Gasteiger partial charge in [0.1, 0.15) is 11.8 Å². The van der Waals surface area contributed by atoms with E-state index < -0.39 is 0 Å². The van der Waals surface area contributed by atoms with Crippen molar-refractivity contribution in [3.05, 3.63) is 28.7 Å². The van der Waals surface area contributed by atoms with Gasteiger partial charge >= 0.3 is 0 Å². The SMILES string of the molecule is Cc1noc(C)c1CCC(=O)N1CCCC1c1nc(C2CC2)no1. The van der Waals surface area contributed by atoms with Crippen molar-refractivity contribution in [3.63, 3.8) is 0 Å². The maximum Gasteiger partial charge on any atom is 0.249 e. The van der Waals surface area contributed by atoms with Gasteiger partial charge in [-0.25, -0.2) is 0 Å². The Morgan fingerprint density at radius 1 is 1.21 bits per heavy atom. The van der Waals surface area contributed by atoms with E-state index in [1.165, 1.54) is 0 Å². The zero-order valence-electron chi connectivity index (χ0n) is 14.1. The lowest BCUT2D eigenvalue weighted by Gasteiger charge is -2.21. The van der Waals surface area contributed by atoms with Crippen LogP contribution in [0.25, 0.3) is 0 Å². The fraction of sp³-hybridized carbons (Fsp3) is 0.647. The Kier molecular flexibility index (Phi) is 3.86. The number of carbonyl (C=O) groups excluding carboxylic acids is 1. The summed E-state index contributed by atoms with van der Waals surface area (Å²) in [5.41, 5.74) is 1.90. The monoisotopic (exact) mass is 330 g/mol. The topological polar surface area (TPSA) is 85.3 Å². The standard InChI is InChI=1S/C17H22N4O3/c1-10-13(11(2)23-19-10)7-8-15(22)21-9-3-4-14(21)17-18-16(20-24-17)12-5-6-12/h12,14H,3-9H2,1-2H3. The van der Waals surface area contributed by atoms with Crippen molar-refractivity contribution in [2.45, 2.75) is 64.3 Å². The van der Waals surface area contributed by atoms with Gasteiger partial charge < -0.3 is 13.9 Å². The highest BCUT2D eigenvalue weighted by Crippen LogP contribution is 2.39. The molecule has 2 fully saturated rings. The maximum absolute atomic E-state index is 12.7. The van der Waals surface area contributed by atoms with E-state index >= 15 is 0 Å². The minimum Gasteiger partial charge on any atom is -0.361 e. The molecule has 0 N–H and O–H groups in total. The highest BCUT2D eigenvalue weighted by molar-refractivity contribution is 5.77. The smallest absolute Gasteiger partial charge is 0.249 e. The van der Waals surface area contributed by atoms with Gasteiger partial charge in [0.15, 0.2) is 5.82 Å². The number of nitrogens with zero attached hydrogens (tertiary/aromatic N) is 4. The number of aromatic nitrogens is 3. The molecular formula is C17H22N4O3. The van der Waals surface area contributed by atoms with Crippen LogP contribution in [-0.2, 0) is 11.2 Å². The summed E-state index contributed by atoms with van der Waals surface area (Å²) in [5, 5.41) is 8.03. The summed E-state index contributed by atoms with van der Waals surface area (Å²) in [6, 6.07) is -0.0674. The second kappa shape index (κ2) is 6.03. The number of rotatable bonds is 5. The summed E-state index contributed by atoms with van der Waals surface area (Å²) in [7, 11) is 0. The summed E-state index contributed by atoms with van der Waals surface area (Å²) >= 11 is 0. The summed E-state index contributed by atoms with van der Waals surface area (Å²) in [6.07, 6.45) is 5.25. The van der Waals surface area contributed by atoms with Crippen molar-refractivity contribution < 1.29 is 13.8 Å². The minimum absolute atomic E-state index is 0.0674. The predicted molar refractivity (Wildman–Crippen MR) is 84.3 cm³/mol. The average molecular weight is 330 g/mol. The van der Waals surface area contributed by atoms with Gasteiger partial charge in [-0.05, 0) is 46.0 Å². The van der Waals surface area contributed by atoms with E-state index in [-0.39, 0.29) is 11.9 Å². The molecule has 3 heterocycles. The van der Waals surface area contributed by atoms with Gasteiger partial charge in [-0.2, -0.15) is 4.98 Å². The summed E-state index contributed by atoms with van der Waals surface area (Å²) in [6.45, 7) is 4.55. The molecule has 1 aliphatic heterocycles. The molecule has 0 radical (unpaired) electrons. The molecule has 24 heavy (non-hydrogen) atoms. The molecule has 0 bridgehead atoms. The van der Waals surface area contributed by atoms with Crippen LogP contribution in [0.2, 0.25) is 0 Å². The molecule has 2 aromatic rings. The first-order valence-corrected chi connectivity index (χ1v) is 8.68. The Balaban J connectivity index is 1.42. The number of likely N-dealkylation sites (tertiary alicyclic amines) is 1. The summed E-state index contributed by atoms with van der Waals surface area (Å²) in [4.78, 5) is 19.1. The van der Waals surface area contributed by atoms with E-state index in [0.29, 0.717) is 24.7 Å². The number of aryl methyl sites for hydroxylation is 2. The first-order chi connectivity index (χ1) is 11.6. The lowest BCUT2D eigenvalue weighted by atomic mass is 10.1. The van der Waals surface area contributed by atoms with Gasteiger partial charge in [0.2, 0.25) is 11.8 Å². The molecule has 4 rings (SSSR count). The molecular weight excluding hydrogens is 308 g/mol. The van der Waals surface area contributed by atoms with E-state index in [1.54, 1.807) is 0 Å². The molecule has 2 aromatic heterocycles. The van der Waals surface area contributed by atoms with Crippen LogP contribution in [0, 0.1) is 13.8 Å². The van der Waals surface area contributed by atoms with Crippen LogP contribution in [0.15, 0.2) is 9.05 Å². The molecule has 7 heteroatoms. The molecule has 2 aliphatic rings. The van der Waals surface area contributed by atoms with E-state index in [9.17, 15) is 4.79 Å². The normalized spacial score (nSPS) is 20.8. The van der Waals surface area contributed by atoms with Crippen LogP contribution in [0.3, 0.4) is 0 Å². The fourth-order valence-electron chi connectivity index (χ4n) is 3.45. The molecule has 128 valence electrons. The van der Waals surface area contributed by atoms with Crippen molar-refractivity contribution in [1.82, 2.24) is 20.2 Å². The zero-order valence-corrected chi connectivity index (χ0v) is 14.1. The second-order valence-electron chi connectivity index (χ2n) is 6.81. The Hall–Kier alpha value is -2.18. The first-order valence-electron chi connectivity index (χ1n) is 8.68. The van der Waals surface area contributed by atoms with Gasteiger partial charge in [-0.1, -0.05) is 10.3 Å². The Labute approximate surface area is 140 Å². The number of carbonyl (C=O) groups is 1. The van der Waals surface area contributed by atoms with E-state index in [2.05, 4.69) is 15.3 Å². The van der Waals surface area contributed by atoms with Crippen LogP contribution in [0.5, 0.6) is 0 Å². The lowest BCUT2D eigenvalue weighted by molar-refractivity contribution is -0.132. The van der Waals surface area contributed by atoms with E-state index in [0.717, 1.165) is 55.1 Å². The molecule has 7 nitrogen and oxygen atoms in total.